The molecule has 1 heterocycles. The summed E-state index contributed by atoms with van der Waals surface area (Å²) in [4.78, 5) is 40.5. The van der Waals surface area contributed by atoms with E-state index in [2.05, 4.69) is 12.2 Å². The predicted molar refractivity (Wildman–Crippen MR) is 110 cm³/mol. The number of amides is 2. The maximum atomic E-state index is 13.3. The molecule has 1 saturated heterocycles. The molecule has 2 aromatic carbocycles. The second-order valence-corrected chi connectivity index (χ2v) is 8.92. The minimum atomic E-state index is -0.512. The topological polar surface area (TPSA) is 63.7 Å². The summed E-state index contributed by atoms with van der Waals surface area (Å²) in [5.41, 5.74) is 1.76. The van der Waals surface area contributed by atoms with Crippen molar-refractivity contribution in [2.45, 2.75) is 13.3 Å². The van der Waals surface area contributed by atoms with Crippen molar-refractivity contribution in [3.8, 4) is 5.75 Å². The van der Waals surface area contributed by atoms with Gasteiger partial charge in [0, 0.05) is 0 Å². The Balaban J connectivity index is 1.29. The summed E-state index contributed by atoms with van der Waals surface area (Å²) in [6, 6.07) is 13.9. The minimum absolute atomic E-state index is 0.126. The van der Waals surface area contributed by atoms with Gasteiger partial charge in [-0.2, -0.15) is 0 Å². The number of nitrogens with zero attached hydrogens (tertiary/aromatic N) is 1. The minimum Gasteiger partial charge on any atom is -0.423 e. The van der Waals surface area contributed by atoms with Crippen LogP contribution in [0.3, 0.4) is 0 Å². The maximum absolute atomic E-state index is 13.3. The molecule has 0 radical (unpaired) electrons. The predicted octanol–water partition coefficient (Wildman–Crippen LogP) is 3.77. The molecule has 5 nitrogen and oxygen atoms in total. The number of carbonyl (C=O) groups is 3. The van der Waals surface area contributed by atoms with Crippen LogP contribution in [-0.4, -0.2) is 17.8 Å². The highest BCUT2D eigenvalue weighted by molar-refractivity contribution is 6.23. The van der Waals surface area contributed by atoms with Crippen molar-refractivity contribution >= 4 is 23.5 Å². The number of aryl methyl sites for hydroxylation is 1. The van der Waals surface area contributed by atoms with Crippen LogP contribution < -0.4 is 9.64 Å². The van der Waals surface area contributed by atoms with Gasteiger partial charge in [0.25, 0.3) is 0 Å². The molecule has 0 unspecified atom stereocenters. The van der Waals surface area contributed by atoms with Gasteiger partial charge in [0.15, 0.2) is 0 Å². The molecular weight excluding hydrogens is 378 g/mol. The SMILES string of the molecule is Cc1cccc(OC(=O)c2cccc(N3C(=O)[C@@H]4[C@H]5C=C[C@@H]([C@@H]6C[C@@H]56)[C@@H]4C3=O)c2)c1. The molecule has 30 heavy (non-hydrogen) atoms. The van der Waals surface area contributed by atoms with Gasteiger partial charge in [0.1, 0.15) is 5.75 Å². The lowest BCUT2D eigenvalue weighted by Gasteiger charge is -2.37. The van der Waals surface area contributed by atoms with Crippen molar-refractivity contribution < 1.29 is 19.1 Å². The van der Waals surface area contributed by atoms with E-state index in [1.165, 1.54) is 4.90 Å². The number of benzene rings is 2. The zero-order valence-electron chi connectivity index (χ0n) is 16.5. The molecule has 0 N–H and O–H groups in total. The van der Waals surface area contributed by atoms with E-state index >= 15 is 0 Å². The Morgan fingerprint density at radius 1 is 0.933 bits per heavy atom. The number of anilines is 1. The molecule has 5 heteroatoms. The summed E-state index contributed by atoms with van der Waals surface area (Å²) in [5.74, 6) is 0.689. The lowest BCUT2D eigenvalue weighted by molar-refractivity contribution is -0.124. The van der Waals surface area contributed by atoms with Gasteiger partial charge in [-0.15, -0.1) is 0 Å². The fourth-order valence-corrected chi connectivity index (χ4v) is 5.83. The highest BCUT2D eigenvalue weighted by Crippen LogP contribution is 2.65. The number of ether oxygens (including phenoxy) is 1. The third-order valence-corrected chi connectivity index (χ3v) is 7.20. The Kier molecular flexibility index (Phi) is 3.61. The summed E-state index contributed by atoms with van der Waals surface area (Å²) < 4.78 is 5.47. The normalized spacial score (nSPS) is 32.8. The molecule has 2 saturated carbocycles. The second-order valence-electron chi connectivity index (χ2n) is 8.92. The van der Waals surface area contributed by atoms with E-state index in [-0.39, 0.29) is 35.5 Å². The van der Waals surface area contributed by atoms with Crippen LogP contribution >= 0.6 is 0 Å². The summed E-state index contributed by atoms with van der Waals surface area (Å²) in [7, 11) is 0. The average molecular weight is 399 g/mol. The quantitative estimate of drug-likeness (QED) is 0.341. The van der Waals surface area contributed by atoms with Gasteiger partial charge in [0.05, 0.1) is 23.1 Å². The Labute approximate surface area is 174 Å². The second kappa shape index (κ2) is 6.14. The van der Waals surface area contributed by atoms with Crippen LogP contribution in [0.1, 0.15) is 22.3 Å². The van der Waals surface area contributed by atoms with E-state index in [0.29, 0.717) is 28.8 Å². The summed E-state index contributed by atoms with van der Waals surface area (Å²) in [6.07, 6.45) is 5.45. The number of hydrogen-bond acceptors (Lipinski definition) is 4. The van der Waals surface area contributed by atoms with Crippen LogP contribution in [0.4, 0.5) is 5.69 Å². The first-order valence-corrected chi connectivity index (χ1v) is 10.5. The van der Waals surface area contributed by atoms with E-state index in [0.717, 1.165) is 12.0 Å². The smallest absolute Gasteiger partial charge is 0.343 e. The molecule has 2 aromatic rings. The van der Waals surface area contributed by atoms with Crippen LogP contribution in [0.2, 0.25) is 0 Å². The monoisotopic (exact) mass is 399 g/mol. The number of carbonyl (C=O) groups excluding carboxylic acids is 3. The fraction of sp³-hybridized carbons (Fsp3) is 0.320. The third-order valence-electron chi connectivity index (χ3n) is 7.20. The molecule has 1 aliphatic heterocycles. The Bertz CT molecular complexity index is 1100. The molecular formula is C25H21NO4. The highest BCUT2D eigenvalue weighted by Gasteiger charge is 2.67. The first-order valence-electron chi connectivity index (χ1n) is 10.5. The van der Waals surface area contributed by atoms with Gasteiger partial charge < -0.3 is 4.74 Å². The number of imide groups is 1. The molecule has 0 spiro atoms. The molecule has 0 aromatic heterocycles. The zero-order chi connectivity index (χ0) is 20.6. The van der Waals surface area contributed by atoms with Crippen molar-refractivity contribution in [1.29, 1.82) is 0 Å². The molecule has 6 atom stereocenters. The summed E-state index contributed by atoms with van der Waals surface area (Å²) in [6.45, 7) is 1.92. The van der Waals surface area contributed by atoms with E-state index in [1.54, 1.807) is 36.4 Å². The van der Waals surface area contributed by atoms with Crippen LogP contribution in [0.25, 0.3) is 0 Å². The first-order chi connectivity index (χ1) is 14.5. The van der Waals surface area contributed by atoms with Gasteiger partial charge >= 0.3 is 5.97 Å². The molecule has 2 bridgehead atoms. The number of rotatable bonds is 3. The standard InChI is InChI=1S/C25H21NO4/c1-13-4-2-7-16(10-13)30-25(29)14-5-3-6-15(11-14)26-23(27)21-17-8-9-18(20-12-19(17)20)22(21)24(26)28/h2-11,17-22H,12H2,1H3/t17-,18-,19-,20-,21-,22+/m0/s1. The van der Waals surface area contributed by atoms with Crippen LogP contribution in [0.5, 0.6) is 5.75 Å². The van der Waals surface area contributed by atoms with Gasteiger partial charge in [-0.25, -0.2) is 9.69 Å². The van der Waals surface area contributed by atoms with Crippen molar-refractivity contribution in [3.63, 3.8) is 0 Å². The molecule has 4 aliphatic carbocycles. The lowest BCUT2D eigenvalue weighted by atomic mass is 9.63. The number of esters is 1. The largest absolute Gasteiger partial charge is 0.423 e. The van der Waals surface area contributed by atoms with Crippen LogP contribution in [0.15, 0.2) is 60.7 Å². The van der Waals surface area contributed by atoms with E-state index < -0.39 is 5.97 Å². The van der Waals surface area contributed by atoms with Crippen molar-refractivity contribution in [3.05, 3.63) is 71.8 Å². The first kappa shape index (κ1) is 17.6. The maximum Gasteiger partial charge on any atom is 0.343 e. The number of hydrogen-bond donors (Lipinski definition) is 0. The molecule has 3 fully saturated rings. The van der Waals surface area contributed by atoms with Crippen LogP contribution in [-0.2, 0) is 9.59 Å². The highest BCUT2D eigenvalue weighted by atomic mass is 16.5. The van der Waals surface area contributed by atoms with Crippen molar-refractivity contribution in [2.24, 2.45) is 35.5 Å². The Morgan fingerprint density at radius 3 is 2.27 bits per heavy atom. The Morgan fingerprint density at radius 2 is 1.60 bits per heavy atom. The summed E-state index contributed by atoms with van der Waals surface area (Å²) >= 11 is 0. The molecule has 150 valence electrons. The fourth-order valence-electron chi connectivity index (χ4n) is 5.83. The van der Waals surface area contributed by atoms with Gasteiger partial charge in [0.2, 0.25) is 11.8 Å². The van der Waals surface area contributed by atoms with Crippen molar-refractivity contribution in [2.75, 3.05) is 4.90 Å². The van der Waals surface area contributed by atoms with E-state index in [4.69, 9.17) is 4.74 Å². The zero-order valence-corrected chi connectivity index (χ0v) is 16.5. The Hall–Kier alpha value is -3.21. The number of allylic oxidation sites excluding steroid dienone is 2. The van der Waals surface area contributed by atoms with E-state index in [1.807, 2.05) is 19.1 Å². The van der Waals surface area contributed by atoms with Gasteiger partial charge in [-0.1, -0.05) is 30.4 Å². The molecule has 5 aliphatic rings. The third kappa shape index (κ3) is 2.44. The molecule has 7 rings (SSSR count). The average Bonchev–Trinajstić information content (AvgIpc) is 3.52. The van der Waals surface area contributed by atoms with Crippen molar-refractivity contribution in [1.82, 2.24) is 0 Å². The van der Waals surface area contributed by atoms with E-state index in [9.17, 15) is 14.4 Å². The van der Waals surface area contributed by atoms with Gasteiger partial charge in [-0.05, 0) is 72.9 Å². The molecule has 2 amide bonds. The van der Waals surface area contributed by atoms with Crippen LogP contribution in [0, 0.1) is 42.4 Å². The lowest BCUT2D eigenvalue weighted by Crippen LogP contribution is -2.40. The van der Waals surface area contributed by atoms with Gasteiger partial charge in [-0.3, -0.25) is 9.59 Å². The summed E-state index contributed by atoms with van der Waals surface area (Å²) in [5, 5.41) is 0.